The smallest absolute Gasteiger partial charge is 0.177 e. The minimum atomic E-state index is 0.0150. The van der Waals surface area contributed by atoms with Crippen molar-refractivity contribution in [3.8, 4) is 12.1 Å². The van der Waals surface area contributed by atoms with Crippen LogP contribution in [0.4, 0.5) is 0 Å². The fourth-order valence-corrected chi connectivity index (χ4v) is 2.62. The van der Waals surface area contributed by atoms with Crippen molar-refractivity contribution in [3.63, 3.8) is 0 Å². The van der Waals surface area contributed by atoms with Gasteiger partial charge in [-0.25, -0.2) is 9.97 Å². The van der Waals surface area contributed by atoms with Gasteiger partial charge in [-0.2, -0.15) is 10.5 Å². The van der Waals surface area contributed by atoms with Gasteiger partial charge in [0.05, 0.1) is 11.4 Å². The van der Waals surface area contributed by atoms with Crippen LogP contribution in [0.25, 0.3) is 24.3 Å². The van der Waals surface area contributed by atoms with E-state index in [2.05, 4.69) is 9.97 Å². The van der Waals surface area contributed by atoms with Crippen LogP contribution in [-0.4, -0.2) is 9.97 Å². The second kappa shape index (κ2) is 10.7. The lowest BCUT2D eigenvalue weighted by molar-refractivity contribution is 1.10. The molecule has 0 fully saturated rings. The van der Waals surface area contributed by atoms with Crippen molar-refractivity contribution < 1.29 is 0 Å². The molecule has 0 radical (unpaired) electrons. The van der Waals surface area contributed by atoms with E-state index in [1.54, 1.807) is 12.2 Å². The van der Waals surface area contributed by atoms with Crippen molar-refractivity contribution in [2.45, 2.75) is 0 Å². The molecule has 0 bridgehead atoms. The van der Waals surface area contributed by atoms with Gasteiger partial charge in [0, 0.05) is 0 Å². The van der Waals surface area contributed by atoms with E-state index < -0.39 is 0 Å². The standard InChI is InChI=1S/C26H18N4/c27-19-25-26(20-28)30-24(18-10-8-16-22-13-5-2-6-14-22)23(29-25)17-9-7-15-21-11-3-1-4-12-21/h1-18H/b15-7+,16-8+,17-9+,18-10+. The largest absolute Gasteiger partial charge is 0.232 e. The molecule has 0 unspecified atom stereocenters. The molecule has 4 nitrogen and oxygen atoms in total. The van der Waals surface area contributed by atoms with Crippen molar-refractivity contribution >= 4 is 24.3 Å². The molecule has 0 spiro atoms. The molecule has 0 N–H and O–H groups in total. The summed E-state index contributed by atoms with van der Waals surface area (Å²) in [5, 5.41) is 18.5. The van der Waals surface area contributed by atoms with Gasteiger partial charge in [-0.05, 0) is 23.3 Å². The van der Waals surface area contributed by atoms with Gasteiger partial charge in [-0.15, -0.1) is 0 Å². The van der Waals surface area contributed by atoms with E-state index in [1.165, 1.54) is 0 Å². The van der Waals surface area contributed by atoms with Crippen LogP contribution in [0.5, 0.6) is 0 Å². The Morgan fingerprint density at radius 1 is 0.533 bits per heavy atom. The predicted molar refractivity (Wildman–Crippen MR) is 120 cm³/mol. The number of nitrogens with zero attached hydrogens (tertiary/aromatic N) is 4. The summed E-state index contributed by atoms with van der Waals surface area (Å²) >= 11 is 0. The lowest BCUT2D eigenvalue weighted by atomic mass is 10.2. The third kappa shape index (κ3) is 5.73. The van der Waals surface area contributed by atoms with Gasteiger partial charge in [-0.3, -0.25) is 0 Å². The Labute approximate surface area is 176 Å². The van der Waals surface area contributed by atoms with Crippen molar-refractivity contribution in [2.24, 2.45) is 0 Å². The Balaban J connectivity index is 1.85. The van der Waals surface area contributed by atoms with E-state index >= 15 is 0 Å². The minimum Gasteiger partial charge on any atom is -0.232 e. The lowest BCUT2D eigenvalue weighted by Crippen LogP contribution is -2.00. The van der Waals surface area contributed by atoms with Gasteiger partial charge in [0.25, 0.3) is 0 Å². The Kier molecular flexibility index (Phi) is 7.21. The third-order valence-electron chi connectivity index (χ3n) is 4.07. The zero-order chi connectivity index (χ0) is 21.0. The number of rotatable bonds is 6. The van der Waals surface area contributed by atoms with Crippen LogP contribution >= 0.6 is 0 Å². The van der Waals surface area contributed by atoms with E-state index in [9.17, 15) is 10.5 Å². The first-order valence-corrected chi connectivity index (χ1v) is 9.32. The van der Waals surface area contributed by atoms with Gasteiger partial charge in [0.1, 0.15) is 12.1 Å². The van der Waals surface area contributed by atoms with Crippen LogP contribution < -0.4 is 0 Å². The van der Waals surface area contributed by atoms with Gasteiger partial charge >= 0.3 is 0 Å². The maximum atomic E-state index is 9.25. The lowest BCUT2D eigenvalue weighted by Gasteiger charge is -2.01. The second-order valence-electron chi connectivity index (χ2n) is 6.17. The number of allylic oxidation sites excluding steroid dienone is 4. The van der Waals surface area contributed by atoms with Crippen LogP contribution in [0.2, 0.25) is 0 Å². The average molecular weight is 386 g/mol. The fourth-order valence-electron chi connectivity index (χ4n) is 2.62. The second-order valence-corrected chi connectivity index (χ2v) is 6.17. The molecule has 30 heavy (non-hydrogen) atoms. The fraction of sp³-hybridized carbons (Fsp3) is 0. The summed E-state index contributed by atoms with van der Waals surface area (Å²) in [6.07, 6.45) is 14.9. The Morgan fingerprint density at radius 2 is 0.900 bits per heavy atom. The summed E-state index contributed by atoms with van der Waals surface area (Å²) in [7, 11) is 0. The van der Waals surface area contributed by atoms with Gasteiger partial charge < -0.3 is 0 Å². The van der Waals surface area contributed by atoms with Gasteiger partial charge in [-0.1, -0.05) is 97.1 Å². The molecule has 0 aliphatic rings. The highest BCUT2D eigenvalue weighted by atomic mass is 14.8. The number of hydrogen-bond acceptors (Lipinski definition) is 4. The van der Waals surface area contributed by atoms with E-state index in [0.29, 0.717) is 11.4 Å². The molecule has 2 aromatic carbocycles. The molecule has 0 amide bonds. The monoisotopic (exact) mass is 386 g/mol. The average Bonchev–Trinajstić information content (AvgIpc) is 2.81. The molecule has 3 rings (SSSR count). The highest BCUT2D eigenvalue weighted by Crippen LogP contribution is 2.13. The Bertz CT molecular complexity index is 1090. The molecule has 1 heterocycles. The first-order chi connectivity index (χ1) is 14.8. The first kappa shape index (κ1) is 20.2. The molecule has 142 valence electrons. The van der Waals surface area contributed by atoms with Crippen LogP contribution in [0.1, 0.15) is 33.9 Å². The van der Waals surface area contributed by atoms with E-state index in [0.717, 1.165) is 11.1 Å². The molecule has 0 aliphatic heterocycles. The maximum Gasteiger partial charge on any atom is 0.177 e. The third-order valence-corrected chi connectivity index (χ3v) is 4.07. The van der Waals surface area contributed by atoms with Crippen molar-refractivity contribution in [1.82, 2.24) is 9.97 Å². The summed E-state index contributed by atoms with van der Waals surface area (Å²) < 4.78 is 0. The minimum absolute atomic E-state index is 0.0150. The van der Waals surface area contributed by atoms with Crippen LogP contribution in [-0.2, 0) is 0 Å². The zero-order valence-electron chi connectivity index (χ0n) is 16.2. The summed E-state index contributed by atoms with van der Waals surface area (Å²) in [5.41, 5.74) is 3.23. The molecular formula is C26H18N4. The van der Waals surface area contributed by atoms with Crippen molar-refractivity contribution in [3.05, 3.63) is 119 Å². The van der Waals surface area contributed by atoms with Gasteiger partial charge in [0.2, 0.25) is 0 Å². The Morgan fingerprint density at radius 3 is 1.27 bits per heavy atom. The highest BCUT2D eigenvalue weighted by molar-refractivity contribution is 5.65. The Hall–Kier alpha value is -4.54. The van der Waals surface area contributed by atoms with Gasteiger partial charge in [0.15, 0.2) is 11.4 Å². The quantitative estimate of drug-likeness (QED) is 0.511. The molecule has 0 saturated heterocycles. The molecule has 0 saturated carbocycles. The summed E-state index contributed by atoms with van der Waals surface area (Å²) in [6, 6.07) is 23.7. The van der Waals surface area contributed by atoms with Crippen LogP contribution in [0.3, 0.4) is 0 Å². The summed E-state index contributed by atoms with van der Waals surface area (Å²) in [5.74, 6) is 0. The highest BCUT2D eigenvalue weighted by Gasteiger charge is 2.09. The number of hydrogen-bond donors (Lipinski definition) is 0. The molecule has 0 aliphatic carbocycles. The molecule has 4 heteroatoms. The molecule has 3 aromatic rings. The number of nitriles is 2. The van der Waals surface area contributed by atoms with E-state index in [4.69, 9.17) is 0 Å². The molecule has 1 aromatic heterocycles. The van der Waals surface area contributed by atoms with Crippen molar-refractivity contribution in [2.75, 3.05) is 0 Å². The number of aromatic nitrogens is 2. The van der Waals surface area contributed by atoms with Crippen molar-refractivity contribution in [1.29, 1.82) is 10.5 Å². The van der Waals surface area contributed by atoms with Crippen LogP contribution in [0.15, 0.2) is 85.0 Å². The first-order valence-electron chi connectivity index (χ1n) is 9.32. The predicted octanol–water partition coefficient (Wildman–Crippen LogP) is 5.67. The molecular weight excluding hydrogens is 368 g/mol. The topological polar surface area (TPSA) is 73.4 Å². The molecule has 0 atom stereocenters. The van der Waals surface area contributed by atoms with Crippen LogP contribution in [0, 0.1) is 22.7 Å². The van der Waals surface area contributed by atoms with E-state index in [-0.39, 0.29) is 11.4 Å². The normalized spacial score (nSPS) is 11.4. The van der Waals surface area contributed by atoms with E-state index in [1.807, 2.05) is 109 Å². The zero-order valence-corrected chi connectivity index (χ0v) is 16.2. The maximum absolute atomic E-state index is 9.25. The number of benzene rings is 2. The summed E-state index contributed by atoms with van der Waals surface area (Å²) in [6.45, 7) is 0. The SMILES string of the molecule is N#Cc1nc(/C=C/C=C/c2ccccc2)c(/C=C/C=C/c2ccccc2)nc1C#N. The summed E-state index contributed by atoms with van der Waals surface area (Å²) in [4.78, 5) is 8.60.